The van der Waals surface area contributed by atoms with Gasteiger partial charge in [-0.05, 0) is 54.8 Å². The fraction of sp³-hybridized carbons (Fsp3) is 0.136. The van der Waals surface area contributed by atoms with E-state index in [1.807, 2.05) is 19.1 Å². The predicted octanol–water partition coefficient (Wildman–Crippen LogP) is 14.3. The molecule has 49 heavy (non-hydrogen) atoms. The molecule has 0 bridgehead atoms. The first-order valence-electron chi connectivity index (χ1n) is 16.3. The fourth-order valence-corrected chi connectivity index (χ4v) is 6.25. The topological polar surface area (TPSA) is 26.3 Å². The average Bonchev–Trinajstić information content (AvgIpc) is 3.91. The van der Waals surface area contributed by atoms with Gasteiger partial charge in [-0.2, -0.15) is 0 Å². The van der Waals surface area contributed by atoms with Gasteiger partial charge in [0.05, 0.1) is 23.0 Å². The average molecular weight is 761 g/mol. The van der Waals surface area contributed by atoms with Gasteiger partial charge >= 0.3 is 37.9 Å². The van der Waals surface area contributed by atoms with Gasteiger partial charge in [-0.15, -0.1) is 57.9 Å². The fourth-order valence-electron chi connectivity index (χ4n) is 6.25. The summed E-state index contributed by atoms with van der Waals surface area (Å²) in [5.74, 6) is 3.84. The first kappa shape index (κ1) is 35.0. The number of hydrogen-bond donors (Lipinski definition) is 0. The minimum atomic E-state index is -0.826. The summed E-state index contributed by atoms with van der Waals surface area (Å²) in [5.41, 5.74) is 8.70. The minimum absolute atomic E-state index is 0.0272. The van der Waals surface area contributed by atoms with Crippen molar-refractivity contribution < 1.29 is 29.7 Å². The van der Waals surface area contributed by atoms with E-state index in [2.05, 4.69) is 155 Å². The van der Waals surface area contributed by atoms with Gasteiger partial charge < -0.3 is 8.83 Å². The third-order valence-corrected chi connectivity index (χ3v) is 8.65. The van der Waals surface area contributed by atoms with Crippen LogP contribution in [0.1, 0.15) is 37.9 Å². The molecule has 0 aliphatic carbocycles. The Bertz CT molecular complexity index is 2280. The number of rotatable bonds is 4. The first-order chi connectivity index (χ1) is 23.7. The van der Waals surface area contributed by atoms with Gasteiger partial charge in [0, 0.05) is 5.41 Å². The molecular formula is C44H38Cl2O2Zr. The number of hydrogen-bond acceptors (Lipinski definition) is 2. The van der Waals surface area contributed by atoms with Crippen molar-refractivity contribution in [2.24, 2.45) is 0 Å². The van der Waals surface area contributed by atoms with Crippen LogP contribution in [0, 0.1) is 13.8 Å². The molecule has 8 aromatic rings. The summed E-state index contributed by atoms with van der Waals surface area (Å²) in [6.45, 7) is 10.7. The van der Waals surface area contributed by atoms with Crippen LogP contribution in [0.25, 0.3) is 66.4 Å². The summed E-state index contributed by atoms with van der Waals surface area (Å²) >= 11 is -0.826. The molecule has 0 fully saturated rings. The van der Waals surface area contributed by atoms with Crippen LogP contribution in [0.2, 0.25) is 0 Å². The van der Waals surface area contributed by atoms with Crippen LogP contribution in [-0.2, 0) is 26.3 Å². The third kappa shape index (κ3) is 7.97. The molecule has 0 N–H and O–H groups in total. The molecule has 244 valence electrons. The summed E-state index contributed by atoms with van der Waals surface area (Å²) in [4.78, 5) is 0. The van der Waals surface area contributed by atoms with Crippen molar-refractivity contribution in [2.75, 3.05) is 0 Å². The van der Waals surface area contributed by atoms with Crippen LogP contribution in [-0.4, -0.2) is 0 Å². The van der Waals surface area contributed by atoms with Gasteiger partial charge in [0.15, 0.2) is 0 Å². The summed E-state index contributed by atoms with van der Waals surface area (Å²) in [6, 6.07) is 49.1. The van der Waals surface area contributed by atoms with Gasteiger partial charge in [-0.25, -0.2) is 0 Å². The van der Waals surface area contributed by atoms with Gasteiger partial charge in [0.1, 0.15) is 0 Å². The van der Waals surface area contributed by atoms with Gasteiger partial charge in [-0.1, -0.05) is 122 Å². The van der Waals surface area contributed by atoms with E-state index in [1.165, 1.54) is 49.4 Å². The van der Waals surface area contributed by atoms with Crippen molar-refractivity contribution in [3.63, 3.8) is 0 Å². The zero-order chi connectivity index (χ0) is 34.5. The maximum atomic E-state index is 6.11. The van der Waals surface area contributed by atoms with Gasteiger partial charge in [0.25, 0.3) is 0 Å². The van der Waals surface area contributed by atoms with E-state index in [0.29, 0.717) is 0 Å². The van der Waals surface area contributed by atoms with E-state index in [0.717, 1.165) is 34.2 Å². The van der Waals surface area contributed by atoms with Crippen LogP contribution in [0.5, 0.6) is 0 Å². The van der Waals surface area contributed by atoms with Gasteiger partial charge in [0.2, 0.25) is 0 Å². The standard InChI is InChI=1S/C23H21O.C21H17O.2ClH.Zr/c1-23(2,3)22-13-12-21(24-22)18-14-17-10-7-11-19(20(17)15-18)16-8-5-4-6-9-16;1-14-8-10-17-12-18(20-11-9-15(2)22-20)13-19(17)21(14)16-6-4-3-5-7-16;;;/h4-15H,1-3H3;3-13H,1-2H3;2*1H;/q2*-1;;;+4/p-2. The summed E-state index contributed by atoms with van der Waals surface area (Å²) in [7, 11) is 9.87. The van der Waals surface area contributed by atoms with Crippen LogP contribution >= 0.6 is 17.0 Å². The Morgan fingerprint density at radius 3 is 1.73 bits per heavy atom. The number of halogens is 2. The molecule has 5 heteroatoms. The van der Waals surface area contributed by atoms with Crippen molar-refractivity contribution in [2.45, 2.75) is 40.0 Å². The Morgan fingerprint density at radius 2 is 1.14 bits per heavy atom. The number of aryl methyl sites for hydroxylation is 2. The molecule has 2 aromatic heterocycles. The van der Waals surface area contributed by atoms with Gasteiger partial charge in [-0.3, -0.25) is 0 Å². The number of benzene rings is 4. The van der Waals surface area contributed by atoms with Crippen molar-refractivity contribution >= 4 is 38.6 Å². The molecule has 0 spiro atoms. The molecule has 0 atom stereocenters. The third-order valence-electron chi connectivity index (χ3n) is 8.65. The summed E-state index contributed by atoms with van der Waals surface area (Å²) in [5, 5.41) is 5.07. The summed E-state index contributed by atoms with van der Waals surface area (Å²) < 4.78 is 11.9. The Morgan fingerprint density at radius 1 is 0.571 bits per heavy atom. The van der Waals surface area contributed by atoms with E-state index in [1.54, 1.807) is 0 Å². The molecule has 2 heterocycles. The van der Waals surface area contributed by atoms with E-state index in [4.69, 9.17) is 25.9 Å². The Labute approximate surface area is 307 Å². The van der Waals surface area contributed by atoms with Crippen molar-refractivity contribution in [3.8, 4) is 44.9 Å². The monoisotopic (exact) mass is 758 g/mol. The molecule has 8 rings (SSSR count). The molecule has 0 amide bonds. The molecule has 0 aliphatic heterocycles. The van der Waals surface area contributed by atoms with E-state index >= 15 is 0 Å². The Kier molecular flexibility index (Phi) is 11.0. The molecule has 2 nitrogen and oxygen atoms in total. The van der Waals surface area contributed by atoms with Crippen molar-refractivity contribution in [1.82, 2.24) is 0 Å². The second-order valence-electron chi connectivity index (χ2n) is 13.2. The van der Waals surface area contributed by atoms with E-state index < -0.39 is 20.8 Å². The van der Waals surface area contributed by atoms with Crippen LogP contribution in [0.4, 0.5) is 0 Å². The van der Waals surface area contributed by atoms with Crippen molar-refractivity contribution in [3.05, 3.63) is 157 Å². The molecular weight excluding hydrogens is 723 g/mol. The zero-order valence-corrected chi connectivity index (χ0v) is 32.3. The number of fused-ring (bicyclic) bond motifs is 2. The second kappa shape index (κ2) is 15.3. The Hall–Kier alpha value is -3.88. The normalized spacial score (nSPS) is 11.1. The van der Waals surface area contributed by atoms with Crippen LogP contribution < -0.4 is 0 Å². The molecule has 6 aromatic carbocycles. The first-order valence-corrected chi connectivity index (χ1v) is 22.6. The predicted molar refractivity (Wildman–Crippen MR) is 205 cm³/mol. The quantitative estimate of drug-likeness (QED) is 0.167. The molecule has 0 saturated carbocycles. The maximum absolute atomic E-state index is 6.11. The van der Waals surface area contributed by atoms with E-state index in [9.17, 15) is 0 Å². The van der Waals surface area contributed by atoms with Crippen LogP contribution in [0.15, 0.2) is 148 Å². The second-order valence-corrected chi connectivity index (χ2v) is 16.9. The zero-order valence-electron chi connectivity index (χ0n) is 28.4. The number of furan rings is 2. The Balaban J connectivity index is 0.000000158. The molecule has 0 radical (unpaired) electrons. The SMILES string of the molecule is CC(C)(C)c1ccc(-c2cc3c(-c4ccccc4)cccc3[cH-]2)o1.Cc1ccc(-c2cc3c(-c4ccccc4)c(C)ccc3[cH-]2)o1.[Cl][Zr+2][Cl]. The molecule has 0 unspecified atom stereocenters. The van der Waals surface area contributed by atoms with Crippen LogP contribution in [0.3, 0.4) is 0 Å². The summed E-state index contributed by atoms with van der Waals surface area (Å²) in [6.07, 6.45) is 0. The van der Waals surface area contributed by atoms with E-state index in [-0.39, 0.29) is 5.41 Å². The molecule has 0 aliphatic rings. The molecule has 0 saturated heterocycles. The van der Waals surface area contributed by atoms with Crippen molar-refractivity contribution in [1.29, 1.82) is 0 Å².